The molecule has 2 fully saturated rings. The van der Waals surface area contributed by atoms with E-state index in [2.05, 4.69) is 0 Å². The Morgan fingerprint density at radius 3 is 2.66 bits per heavy atom. The molecule has 0 spiro atoms. The lowest BCUT2D eigenvalue weighted by Crippen LogP contribution is -2.41. The number of nitrogens with zero attached hydrogens (tertiary/aromatic N) is 2. The molecule has 0 radical (unpaired) electrons. The summed E-state index contributed by atoms with van der Waals surface area (Å²) in [4.78, 5) is 39.8. The number of amides is 2. The van der Waals surface area contributed by atoms with Gasteiger partial charge in [0.2, 0.25) is 5.91 Å². The maximum absolute atomic E-state index is 12.7. The number of carboxylic acids is 1. The van der Waals surface area contributed by atoms with Crippen LogP contribution in [-0.2, 0) is 14.4 Å². The molecule has 9 heteroatoms. The van der Waals surface area contributed by atoms with Crippen LogP contribution in [0, 0.1) is 5.92 Å². The Morgan fingerprint density at radius 1 is 1.31 bits per heavy atom. The molecule has 154 valence electrons. The van der Waals surface area contributed by atoms with Crippen molar-refractivity contribution in [2.45, 2.75) is 19.3 Å². The molecule has 0 aliphatic carbocycles. The summed E-state index contributed by atoms with van der Waals surface area (Å²) in [5.74, 6) is -0.833. The van der Waals surface area contributed by atoms with Crippen LogP contribution in [0.4, 0.5) is 0 Å². The van der Waals surface area contributed by atoms with Crippen molar-refractivity contribution in [2.24, 2.45) is 5.92 Å². The van der Waals surface area contributed by atoms with Crippen LogP contribution in [-0.4, -0.2) is 63.8 Å². The number of thiocarbonyl (C=S) groups is 1. The van der Waals surface area contributed by atoms with E-state index in [1.54, 1.807) is 18.1 Å². The number of benzene rings is 1. The zero-order chi connectivity index (χ0) is 21.0. The van der Waals surface area contributed by atoms with Crippen LogP contribution in [0.15, 0.2) is 29.2 Å². The van der Waals surface area contributed by atoms with Crippen molar-refractivity contribution in [3.05, 3.63) is 34.7 Å². The monoisotopic (exact) mass is 434 g/mol. The van der Waals surface area contributed by atoms with E-state index in [4.69, 9.17) is 22.1 Å². The maximum Gasteiger partial charge on any atom is 0.306 e. The molecule has 2 amide bonds. The normalized spacial score (nSPS) is 19.1. The predicted octanol–water partition coefficient (Wildman–Crippen LogP) is 2.61. The number of carbonyl (C=O) groups is 3. The van der Waals surface area contributed by atoms with E-state index in [9.17, 15) is 14.4 Å². The molecular formula is C20H22N2O5S2. The third kappa shape index (κ3) is 4.97. The van der Waals surface area contributed by atoms with Crippen molar-refractivity contribution >= 4 is 52.2 Å². The van der Waals surface area contributed by atoms with Gasteiger partial charge in [0.15, 0.2) is 0 Å². The number of hydrogen-bond acceptors (Lipinski definition) is 6. The molecule has 7 nitrogen and oxygen atoms in total. The van der Waals surface area contributed by atoms with Gasteiger partial charge >= 0.3 is 5.97 Å². The summed E-state index contributed by atoms with van der Waals surface area (Å²) in [6.07, 6.45) is 2.83. The number of methoxy groups -OCH3 is 1. The summed E-state index contributed by atoms with van der Waals surface area (Å²) >= 11 is 6.54. The molecule has 0 saturated carbocycles. The van der Waals surface area contributed by atoms with Crippen LogP contribution < -0.4 is 4.74 Å². The third-order valence-electron chi connectivity index (χ3n) is 5.05. The number of likely N-dealkylation sites (tertiary alicyclic amines) is 1. The lowest BCUT2D eigenvalue weighted by molar-refractivity contribution is -0.145. The first kappa shape index (κ1) is 21.3. The predicted molar refractivity (Wildman–Crippen MR) is 114 cm³/mol. The van der Waals surface area contributed by atoms with Crippen LogP contribution >= 0.6 is 24.0 Å². The third-order valence-corrected chi connectivity index (χ3v) is 6.42. The van der Waals surface area contributed by atoms with Crippen LogP contribution in [0.5, 0.6) is 5.75 Å². The first-order valence-corrected chi connectivity index (χ1v) is 10.5. The highest BCUT2D eigenvalue weighted by Gasteiger charge is 2.33. The molecule has 2 aliphatic rings. The Labute approximate surface area is 178 Å². The highest BCUT2D eigenvalue weighted by atomic mass is 32.2. The van der Waals surface area contributed by atoms with Crippen molar-refractivity contribution in [3.8, 4) is 5.75 Å². The molecular weight excluding hydrogens is 412 g/mol. The molecule has 2 saturated heterocycles. The largest absolute Gasteiger partial charge is 0.496 e. The van der Waals surface area contributed by atoms with Gasteiger partial charge in [-0.3, -0.25) is 19.3 Å². The van der Waals surface area contributed by atoms with Crippen molar-refractivity contribution in [1.82, 2.24) is 9.80 Å². The van der Waals surface area contributed by atoms with Crippen molar-refractivity contribution in [2.75, 3.05) is 26.7 Å². The second-order valence-corrected chi connectivity index (χ2v) is 8.49. The molecule has 0 atom stereocenters. The number of thioether (sulfide) groups is 1. The SMILES string of the molecule is COc1ccccc1C=C1SC(=S)N(CCC(=O)N2CCC(C(=O)O)CC2)C1=O. The van der Waals surface area contributed by atoms with Gasteiger partial charge in [0, 0.05) is 31.6 Å². The fraction of sp³-hybridized carbons (Fsp3) is 0.400. The number of carboxylic acid groups (broad SMARTS) is 1. The number of aliphatic carboxylic acids is 1. The number of piperidine rings is 1. The Balaban J connectivity index is 1.59. The van der Waals surface area contributed by atoms with E-state index in [-0.39, 0.29) is 30.7 Å². The van der Waals surface area contributed by atoms with Crippen LogP contribution in [0.1, 0.15) is 24.8 Å². The highest BCUT2D eigenvalue weighted by Crippen LogP contribution is 2.34. The van der Waals surface area contributed by atoms with Gasteiger partial charge in [0.1, 0.15) is 10.1 Å². The first-order valence-electron chi connectivity index (χ1n) is 9.29. The fourth-order valence-corrected chi connectivity index (χ4v) is 4.66. The molecule has 3 rings (SSSR count). The minimum atomic E-state index is -0.809. The topological polar surface area (TPSA) is 87.2 Å². The number of carbonyl (C=O) groups excluding carboxylic acids is 2. The van der Waals surface area contributed by atoms with Crippen molar-refractivity contribution in [3.63, 3.8) is 0 Å². The number of hydrogen-bond donors (Lipinski definition) is 1. The van der Waals surface area contributed by atoms with E-state index < -0.39 is 5.97 Å². The standard InChI is InChI=1S/C20H22N2O5S2/c1-27-15-5-3-2-4-14(15)12-16-18(24)22(20(28)29-16)11-8-17(23)21-9-6-13(7-10-21)19(25)26/h2-5,12-13H,6-11H2,1H3,(H,25,26). The van der Waals surface area contributed by atoms with Gasteiger partial charge in [0.05, 0.1) is 17.9 Å². The molecule has 0 unspecified atom stereocenters. The Bertz CT molecular complexity index is 862. The summed E-state index contributed by atoms with van der Waals surface area (Å²) in [5.41, 5.74) is 0.785. The van der Waals surface area contributed by atoms with E-state index in [1.165, 1.54) is 16.7 Å². The highest BCUT2D eigenvalue weighted by molar-refractivity contribution is 8.26. The van der Waals surface area contributed by atoms with Crippen molar-refractivity contribution in [1.29, 1.82) is 0 Å². The quantitative estimate of drug-likeness (QED) is 0.544. The lowest BCUT2D eigenvalue weighted by Gasteiger charge is -2.30. The fourth-order valence-electron chi connectivity index (χ4n) is 3.36. The number of rotatable bonds is 6. The summed E-state index contributed by atoms with van der Waals surface area (Å²) in [6, 6.07) is 7.39. The lowest BCUT2D eigenvalue weighted by atomic mass is 9.97. The average Bonchev–Trinajstić information content (AvgIpc) is 2.99. The van der Waals surface area contributed by atoms with Crippen molar-refractivity contribution < 1.29 is 24.2 Å². The van der Waals surface area contributed by atoms with E-state index in [1.807, 2.05) is 24.3 Å². The van der Waals surface area contributed by atoms with Gasteiger partial charge in [-0.25, -0.2) is 0 Å². The van der Waals surface area contributed by atoms with Crippen LogP contribution in [0.3, 0.4) is 0 Å². The van der Waals surface area contributed by atoms with E-state index >= 15 is 0 Å². The zero-order valence-electron chi connectivity index (χ0n) is 16.0. The zero-order valence-corrected chi connectivity index (χ0v) is 17.6. The molecule has 29 heavy (non-hydrogen) atoms. The Kier molecular flexibility index (Phi) is 6.92. The minimum Gasteiger partial charge on any atom is -0.496 e. The smallest absolute Gasteiger partial charge is 0.306 e. The molecule has 1 N–H and O–H groups in total. The average molecular weight is 435 g/mol. The second-order valence-electron chi connectivity index (χ2n) is 6.82. The number of ether oxygens (including phenoxy) is 1. The number of para-hydroxylation sites is 1. The summed E-state index contributed by atoms with van der Waals surface area (Å²) in [7, 11) is 1.57. The molecule has 2 aliphatic heterocycles. The Hall–Kier alpha value is -2.39. The van der Waals surface area contributed by atoms with E-state index in [0.29, 0.717) is 40.9 Å². The van der Waals surface area contributed by atoms with Gasteiger partial charge in [-0.15, -0.1) is 0 Å². The van der Waals surface area contributed by atoms with Crippen LogP contribution in [0.25, 0.3) is 6.08 Å². The first-order chi connectivity index (χ1) is 13.9. The molecule has 2 heterocycles. The van der Waals surface area contributed by atoms with Gasteiger partial charge in [-0.1, -0.05) is 42.2 Å². The molecule has 0 aromatic heterocycles. The summed E-state index contributed by atoms with van der Waals surface area (Å²) < 4.78 is 5.74. The second kappa shape index (κ2) is 9.41. The van der Waals surface area contributed by atoms with E-state index in [0.717, 1.165) is 5.56 Å². The molecule has 1 aromatic rings. The maximum atomic E-state index is 12.7. The summed E-state index contributed by atoms with van der Waals surface area (Å²) in [5, 5.41) is 9.05. The minimum absolute atomic E-state index is 0.0865. The van der Waals surface area contributed by atoms with Gasteiger partial charge in [0.25, 0.3) is 5.91 Å². The Morgan fingerprint density at radius 2 is 2.00 bits per heavy atom. The summed E-state index contributed by atoms with van der Waals surface area (Å²) in [6.45, 7) is 1.08. The van der Waals surface area contributed by atoms with Gasteiger partial charge in [-0.2, -0.15) is 0 Å². The molecule has 1 aromatic carbocycles. The molecule has 0 bridgehead atoms. The van der Waals surface area contributed by atoms with Gasteiger partial charge in [-0.05, 0) is 25.0 Å². The van der Waals surface area contributed by atoms with Crippen LogP contribution in [0.2, 0.25) is 0 Å². The van der Waals surface area contributed by atoms with Gasteiger partial charge < -0.3 is 14.7 Å².